The van der Waals surface area contributed by atoms with Crippen LogP contribution in [-0.2, 0) is 0 Å². The fraction of sp³-hybridized carbons (Fsp3) is 0.167. The second-order valence-corrected chi connectivity index (χ2v) is 7.18. The number of para-hydroxylation sites is 1. The fourth-order valence-corrected chi connectivity index (χ4v) is 4.42. The molecule has 1 aliphatic rings. The van der Waals surface area contributed by atoms with Gasteiger partial charge in [-0.2, -0.15) is 0 Å². The predicted molar refractivity (Wildman–Crippen MR) is 108 cm³/mol. The van der Waals surface area contributed by atoms with Crippen molar-refractivity contribution in [3.05, 3.63) is 101 Å². The Morgan fingerprint density at radius 1 is 0.852 bits per heavy atom. The monoisotopic (exact) mass is 355 g/mol. The number of aromatic amines is 1. The SMILES string of the molecule is COc1ccc([C@@H]2C[NH2+][C@H](c3ccccc3)c3[nH]c4ccccc4c32)cc1. The maximum Gasteiger partial charge on any atom is 0.153 e. The van der Waals surface area contributed by atoms with Crippen LogP contribution in [0.4, 0.5) is 0 Å². The van der Waals surface area contributed by atoms with Crippen molar-refractivity contribution in [1.82, 2.24) is 4.98 Å². The number of H-pyrrole nitrogens is 1. The number of ether oxygens (including phenoxy) is 1. The Morgan fingerprint density at radius 2 is 1.59 bits per heavy atom. The third-order valence-electron chi connectivity index (χ3n) is 5.72. The van der Waals surface area contributed by atoms with Gasteiger partial charge in [0.05, 0.1) is 25.3 Å². The molecule has 0 radical (unpaired) electrons. The van der Waals surface area contributed by atoms with Crippen molar-refractivity contribution >= 4 is 10.9 Å². The van der Waals surface area contributed by atoms with Crippen LogP contribution in [0.1, 0.15) is 34.3 Å². The first-order valence-electron chi connectivity index (χ1n) is 9.48. The molecule has 0 spiro atoms. The molecule has 2 heterocycles. The molecule has 3 aromatic carbocycles. The summed E-state index contributed by atoms with van der Waals surface area (Å²) in [5.74, 6) is 1.27. The topological polar surface area (TPSA) is 41.6 Å². The lowest BCUT2D eigenvalue weighted by atomic mass is 9.83. The van der Waals surface area contributed by atoms with E-state index in [-0.39, 0.29) is 0 Å². The van der Waals surface area contributed by atoms with Gasteiger partial charge in [-0.05, 0) is 23.8 Å². The van der Waals surface area contributed by atoms with E-state index in [1.807, 2.05) is 0 Å². The van der Waals surface area contributed by atoms with Crippen molar-refractivity contribution in [2.75, 3.05) is 13.7 Å². The number of hydrogen-bond donors (Lipinski definition) is 2. The maximum atomic E-state index is 5.34. The van der Waals surface area contributed by atoms with E-state index in [1.165, 1.54) is 33.3 Å². The number of benzene rings is 3. The Kier molecular flexibility index (Phi) is 3.95. The summed E-state index contributed by atoms with van der Waals surface area (Å²) in [5, 5.41) is 3.80. The molecule has 1 aromatic heterocycles. The van der Waals surface area contributed by atoms with Crippen LogP contribution in [0.5, 0.6) is 5.75 Å². The van der Waals surface area contributed by atoms with Crippen molar-refractivity contribution in [2.45, 2.75) is 12.0 Å². The summed E-state index contributed by atoms with van der Waals surface area (Å²) in [4.78, 5) is 3.73. The van der Waals surface area contributed by atoms with Crippen molar-refractivity contribution in [3.8, 4) is 5.75 Å². The lowest BCUT2D eigenvalue weighted by molar-refractivity contribution is -0.692. The first-order valence-corrected chi connectivity index (χ1v) is 9.48. The molecule has 3 N–H and O–H groups in total. The average molecular weight is 355 g/mol. The number of hydrogen-bond acceptors (Lipinski definition) is 1. The molecule has 134 valence electrons. The van der Waals surface area contributed by atoms with E-state index in [2.05, 4.69) is 89.2 Å². The Balaban J connectivity index is 1.67. The Labute approximate surface area is 159 Å². The van der Waals surface area contributed by atoms with Gasteiger partial charge in [0, 0.05) is 22.0 Å². The van der Waals surface area contributed by atoms with Gasteiger partial charge in [-0.3, -0.25) is 0 Å². The van der Waals surface area contributed by atoms with Gasteiger partial charge in [0.15, 0.2) is 6.04 Å². The summed E-state index contributed by atoms with van der Waals surface area (Å²) >= 11 is 0. The molecule has 1 aliphatic heterocycles. The average Bonchev–Trinajstić information content (AvgIpc) is 3.13. The molecule has 0 unspecified atom stereocenters. The summed E-state index contributed by atoms with van der Waals surface area (Å²) in [7, 11) is 1.71. The van der Waals surface area contributed by atoms with E-state index in [9.17, 15) is 0 Å². The number of methoxy groups -OCH3 is 1. The normalized spacial score (nSPS) is 19.0. The van der Waals surface area contributed by atoms with Crippen molar-refractivity contribution in [3.63, 3.8) is 0 Å². The van der Waals surface area contributed by atoms with Crippen molar-refractivity contribution in [2.24, 2.45) is 0 Å². The number of rotatable bonds is 3. The lowest BCUT2D eigenvalue weighted by Gasteiger charge is -2.28. The molecule has 4 aromatic rings. The molecule has 0 amide bonds. The highest BCUT2D eigenvalue weighted by Gasteiger charge is 2.35. The van der Waals surface area contributed by atoms with Crippen LogP contribution < -0.4 is 10.1 Å². The molecular weight excluding hydrogens is 332 g/mol. The standard InChI is InChI=1S/C24H22N2O/c1-27-18-13-11-16(12-14-18)20-15-25-23(17-7-3-2-4-8-17)24-22(20)19-9-5-6-10-21(19)26-24/h2-14,20,23,25-26H,15H2,1H3/p+1/t20-,23+/m0/s1. The molecule has 0 fully saturated rings. The van der Waals surface area contributed by atoms with Crippen LogP contribution in [0.3, 0.4) is 0 Å². The molecule has 0 aliphatic carbocycles. The highest BCUT2D eigenvalue weighted by Crippen LogP contribution is 2.39. The third-order valence-corrected chi connectivity index (χ3v) is 5.72. The van der Waals surface area contributed by atoms with Crippen molar-refractivity contribution in [1.29, 1.82) is 0 Å². The minimum atomic E-state index is 0.308. The number of fused-ring (bicyclic) bond motifs is 3. The minimum absolute atomic E-state index is 0.308. The Hall–Kier alpha value is -3.04. The highest BCUT2D eigenvalue weighted by molar-refractivity contribution is 5.86. The van der Waals surface area contributed by atoms with Gasteiger partial charge >= 0.3 is 0 Å². The van der Waals surface area contributed by atoms with Gasteiger partial charge in [-0.25, -0.2) is 0 Å². The molecule has 0 bridgehead atoms. The molecule has 2 atom stereocenters. The summed E-state index contributed by atoms with van der Waals surface area (Å²) < 4.78 is 5.34. The molecular formula is C24H23N2O+. The smallest absolute Gasteiger partial charge is 0.153 e. The van der Waals surface area contributed by atoms with E-state index in [1.54, 1.807) is 7.11 Å². The van der Waals surface area contributed by atoms with Gasteiger partial charge in [-0.15, -0.1) is 0 Å². The van der Waals surface area contributed by atoms with Gasteiger partial charge in [0.2, 0.25) is 0 Å². The summed E-state index contributed by atoms with van der Waals surface area (Å²) in [6.07, 6.45) is 0. The van der Waals surface area contributed by atoms with Gasteiger partial charge < -0.3 is 15.0 Å². The lowest BCUT2D eigenvalue weighted by Crippen LogP contribution is -2.88. The molecule has 5 rings (SSSR count). The van der Waals surface area contributed by atoms with Crippen LogP contribution in [0, 0.1) is 0 Å². The van der Waals surface area contributed by atoms with Crippen LogP contribution in [0.15, 0.2) is 78.9 Å². The third kappa shape index (κ3) is 2.71. The van der Waals surface area contributed by atoms with Gasteiger partial charge in [0.25, 0.3) is 0 Å². The van der Waals surface area contributed by atoms with Gasteiger partial charge in [0.1, 0.15) is 5.75 Å². The summed E-state index contributed by atoms with van der Waals surface area (Å²) in [6, 6.07) is 28.3. The first-order chi connectivity index (χ1) is 13.3. The van der Waals surface area contributed by atoms with Crippen LogP contribution >= 0.6 is 0 Å². The molecule has 27 heavy (non-hydrogen) atoms. The summed E-state index contributed by atoms with van der Waals surface area (Å²) in [5.41, 5.74) is 6.67. The van der Waals surface area contributed by atoms with E-state index in [0.29, 0.717) is 12.0 Å². The molecule has 3 heteroatoms. The maximum absolute atomic E-state index is 5.34. The van der Waals surface area contributed by atoms with Crippen LogP contribution in [-0.4, -0.2) is 18.6 Å². The van der Waals surface area contributed by atoms with Gasteiger partial charge in [-0.1, -0.05) is 60.7 Å². The highest BCUT2D eigenvalue weighted by atomic mass is 16.5. The second-order valence-electron chi connectivity index (χ2n) is 7.18. The number of aromatic nitrogens is 1. The van der Waals surface area contributed by atoms with E-state index >= 15 is 0 Å². The quantitative estimate of drug-likeness (QED) is 0.574. The van der Waals surface area contributed by atoms with E-state index in [4.69, 9.17) is 4.74 Å². The minimum Gasteiger partial charge on any atom is -0.497 e. The number of nitrogens with two attached hydrogens (primary N) is 1. The Morgan fingerprint density at radius 3 is 2.37 bits per heavy atom. The second kappa shape index (κ2) is 6.60. The molecule has 0 saturated heterocycles. The fourth-order valence-electron chi connectivity index (χ4n) is 4.42. The summed E-state index contributed by atoms with van der Waals surface area (Å²) in [6.45, 7) is 1.03. The largest absolute Gasteiger partial charge is 0.497 e. The van der Waals surface area contributed by atoms with E-state index < -0.39 is 0 Å². The molecule has 0 saturated carbocycles. The zero-order valence-electron chi connectivity index (χ0n) is 15.4. The zero-order valence-corrected chi connectivity index (χ0v) is 15.4. The van der Waals surface area contributed by atoms with E-state index in [0.717, 1.165) is 12.3 Å². The number of nitrogens with one attached hydrogen (secondary N) is 1. The van der Waals surface area contributed by atoms with Crippen molar-refractivity contribution < 1.29 is 10.1 Å². The first kappa shape index (κ1) is 16.2. The van der Waals surface area contributed by atoms with Crippen LogP contribution in [0.25, 0.3) is 10.9 Å². The Bertz CT molecular complexity index is 1070. The predicted octanol–water partition coefficient (Wildman–Crippen LogP) is 3.97. The number of quaternary nitrogens is 1. The van der Waals surface area contributed by atoms with Crippen LogP contribution in [0.2, 0.25) is 0 Å². The zero-order chi connectivity index (χ0) is 18.2. The molecule has 3 nitrogen and oxygen atoms in total.